The zero-order chi connectivity index (χ0) is 21.8. The van der Waals surface area contributed by atoms with Crippen molar-refractivity contribution in [3.8, 4) is 22.8 Å². The number of rotatable bonds is 6. The lowest BCUT2D eigenvalue weighted by Gasteiger charge is -2.31. The Hall–Kier alpha value is -2.97. The van der Waals surface area contributed by atoms with Crippen molar-refractivity contribution in [1.29, 1.82) is 0 Å². The van der Waals surface area contributed by atoms with Gasteiger partial charge in [0.1, 0.15) is 5.76 Å². The highest BCUT2D eigenvalue weighted by atomic mass is 79.9. The van der Waals surface area contributed by atoms with E-state index < -0.39 is 0 Å². The molecule has 2 aromatic carbocycles. The molecule has 1 N–H and O–H groups in total. The Bertz CT molecular complexity index is 1060. The molecule has 1 fully saturated rings. The SMILES string of the molecule is COc1cc(NC(=O)c2ccc(-c3ccc(Br)cc3)o2)c(N2CCOCC2)cc1OC. The summed E-state index contributed by atoms with van der Waals surface area (Å²) < 4.78 is 23.1. The Morgan fingerprint density at radius 1 is 1.00 bits per heavy atom. The summed E-state index contributed by atoms with van der Waals surface area (Å²) in [6.45, 7) is 2.67. The summed E-state index contributed by atoms with van der Waals surface area (Å²) in [5, 5.41) is 2.97. The van der Waals surface area contributed by atoms with E-state index in [1.807, 2.05) is 30.3 Å². The summed E-state index contributed by atoms with van der Waals surface area (Å²) in [6.07, 6.45) is 0. The van der Waals surface area contributed by atoms with Gasteiger partial charge in [-0.2, -0.15) is 0 Å². The number of ether oxygens (including phenoxy) is 3. The smallest absolute Gasteiger partial charge is 0.291 e. The molecule has 162 valence electrons. The molecule has 0 radical (unpaired) electrons. The number of morpholine rings is 1. The molecule has 0 aliphatic carbocycles. The first-order valence-electron chi connectivity index (χ1n) is 9.85. The predicted molar refractivity (Wildman–Crippen MR) is 122 cm³/mol. The molecule has 3 aromatic rings. The van der Waals surface area contributed by atoms with Crippen molar-refractivity contribution in [3.63, 3.8) is 0 Å². The van der Waals surface area contributed by atoms with Crippen LogP contribution in [0, 0.1) is 0 Å². The van der Waals surface area contributed by atoms with Crippen molar-refractivity contribution in [2.24, 2.45) is 0 Å². The number of nitrogens with one attached hydrogen (secondary N) is 1. The second-order valence-corrected chi connectivity index (χ2v) is 7.86. The monoisotopic (exact) mass is 486 g/mol. The molecule has 0 atom stereocenters. The molecule has 1 aliphatic rings. The average molecular weight is 487 g/mol. The number of hydrogen-bond acceptors (Lipinski definition) is 6. The first-order valence-corrected chi connectivity index (χ1v) is 10.6. The van der Waals surface area contributed by atoms with Crippen LogP contribution in [0.4, 0.5) is 11.4 Å². The summed E-state index contributed by atoms with van der Waals surface area (Å²) in [5.74, 6) is 1.63. The van der Waals surface area contributed by atoms with Gasteiger partial charge >= 0.3 is 0 Å². The van der Waals surface area contributed by atoms with Gasteiger partial charge in [-0.15, -0.1) is 0 Å². The third kappa shape index (κ3) is 4.70. The van der Waals surface area contributed by atoms with E-state index in [-0.39, 0.29) is 11.7 Å². The summed E-state index contributed by atoms with van der Waals surface area (Å²) in [4.78, 5) is 15.1. The molecule has 0 saturated carbocycles. The van der Waals surface area contributed by atoms with Crippen LogP contribution in [-0.2, 0) is 4.74 Å². The number of carbonyl (C=O) groups excluding carboxylic acids is 1. The molecule has 31 heavy (non-hydrogen) atoms. The molecule has 1 amide bonds. The number of halogens is 1. The Morgan fingerprint density at radius 3 is 2.35 bits per heavy atom. The quantitative estimate of drug-likeness (QED) is 0.538. The van der Waals surface area contributed by atoms with E-state index in [2.05, 4.69) is 26.1 Å². The van der Waals surface area contributed by atoms with Crippen LogP contribution in [-0.4, -0.2) is 46.4 Å². The molecule has 4 rings (SSSR count). The van der Waals surface area contributed by atoms with E-state index in [0.29, 0.717) is 49.2 Å². The van der Waals surface area contributed by atoms with E-state index in [0.717, 1.165) is 15.7 Å². The number of methoxy groups -OCH3 is 2. The molecule has 8 heteroatoms. The number of furan rings is 1. The van der Waals surface area contributed by atoms with Gasteiger partial charge in [-0.25, -0.2) is 0 Å². The minimum Gasteiger partial charge on any atom is -0.493 e. The Balaban J connectivity index is 1.61. The largest absolute Gasteiger partial charge is 0.493 e. The number of amides is 1. The molecule has 0 spiro atoms. The van der Waals surface area contributed by atoms with Crippen LogP contribution in [0.2, 0.25) is 0 Å². The predicted octanol–water partition coefficient (Wildman–Crippen LogP) is 4.82. The zero-order valence-corrected chi connectivity index (χ0v) is 18.9. The fraction of sp³-hybridized carbons (Fsp3) is 0.261. The van der Waals surface area contributed by atoms with Gasteiger partial charge in [0.05, 0.1) is 38.8 Å². The maximum absolute atomic E-state index is 13.0. The summed E-state index contributed by atoms with van der Waals surface area (Å²) in [7, 11) is 3.15. The Labute approximate surface area is 189 Å². The second-order valence-electron chi connectivity index (χ2n) is 6.95. The third-order valence-corrected chi connectivity index (χ3v) is 5.59. The van der Waals surface area contributed by atoms with E-state index in [9.17, 15) is 4.79 Å². The number of hydrogen-bond donors (Lipinski definition) is 1. The van der Waals surface area contributed by atoms with Crippen LogP contribution in [0.25, 0.3) is 11.3 Å². The minimum absolute atomic E-state index is 0.223. The molecule has 1 aliphatic heterocycles. The fourth-order valence-electron chi connectivity index (χ4n) is 3.45. The van der Waals surface area contributed by atoms with Gasteiger partial charge in [0, 0.05) is 35.3 Å². The van der Waals surface area contributed by atoms with Gasteiger partial charge in [-0.1, -0.05) is 28.1 Å². The Morgan fingerprint density at radius 2 is 1.68 bits per heavy atom. The number of carbonyl (C=O) groups is 1. The van der Waals surface area contributed by atoms with Crippen LogP contribution >= 0.6 is 15.9 Å². The molecular formula is C23H23BrN2O5. The molecule has 2 heterocycles. The van der Waals surface area contributed by atoms with Crippen LogP contribution < -0.4 is 19.7 Å². The van der Waals surface area contributed by atoms with Crippen molar-refractivity contribution < 1.29 is 23.4 Å². The molecule has 1 saturated heterocycles. The molecule has 0 bridgehead atoms. The van der Waals surface area contributed by atoms with Crippen molar-refractivity contribution >= 4 is 33.2 Å². The van der Waals surface area contributed by atoms with Gasteiger partial charge < -0.3 is 28.8 Å². The third-order valence-electron chi connectivity index (χ3n) is 5.06. The fourth-order valence-corrected chi connectivity index (χ4v) is 3.71. The molecular weight excluding hydrogens is 464 g/mol. The molecule has 0 unspecified atom stereocenters. The molecule has 1 aromatic heterocycles. The van der Waals surface area contributed by atoms with E-state index in [1.54, 1.807) is 32.4 Å². The summed E-state index contributed by atoms with van der Waals surface area (Å²) in [6, 6.07) is 14.8. The first-order chi connectivity index (χ1) is 15.1. The summed E-state index contributed by atoms with van der Waals surface area (Å²) >= 11 is 3.42. The maximum Gasteiger partial charge on any atom is 0.291 e. The van der Waals surface area contributed by atoms with Crippen molar-refractivity contribution in [3.05, 3.63) is 58.8 Å². The first kappa shape index (κ1) is 21.3. The standard InChI is InChI=1S/C23H23BrN2O5/c1-28-21-13-17(18(14-22(21)29-2)26-9-11-30-12-10-26)25-23(27)20-8-7-19(31-20)15-3-5-16(24)6-4-15/h3-8,13-14H,9-12H2,1-2H3,(H,25,27). The van der Waals surface area contributed by atoms with Crippen molar-refractivity contribution in [2.75, 3.05) is 50.7 Å². The lowest BCUT2D eigenvalue weighted by Crippen LogP contribution is -2.36. The number of nitrogens with zero attached hydrogens (tertiary/aromatic N) is 1. The van der Waals surface area contributed by atoms with E-state index in [1.165, 1.54) is 0 Å². The van der Waals surface area contributed by atoms with Crippen molar-refractivity contribution in [1.82, 2.24) is 0 Å². The lowest BCUT2D eigenvalue weighted by molar-refractivity contribution is 0.0997. The van der Waals surface area contributed by atoms with Gasteiger partial charge in [-0.05, 0) is 24.3 Å². The summed E-state index contributed by atoms with van der Waals surface area (Å²) in [5.41, 5.74) is 2.35. The van der Waals surface area contributed by atoms with Gasteiger partial charge in [0.2, 0.25) is 0 Å². The van der Waals surface area contributed by atoms with Gasteiger partial charge in [0.15, 0.2) is 17.3 Å². The topological polar surface area (TPSA) is 73.2 Å². The van der Waals surface area contributed by atoms with Crippen LogP contribution in [0.5, 0.6) is 11.5 Å². The Kier molecular flexibility index (Phi) is 6.48. The zero-order valence-electron chi connectivity index (χ0n) is 17.3. The van der Waals surface area contributed by atoms with Crippen LogP contribution in [0.15, 0.2) is 57.4 Å². The highest BCUT2D eigenvalue weighted by Crippen LogP contribution is 2.39. The van der Waals surface area contributed by atoms with Crippen LogP contribution in [0.1, 0.15) is 10.6 Å². The number of anilines is 2. The molecule has 7 nitrogen and oxygen atoms in total. The lowest BCUT2D eigenvalue weighted by atomic mass is 10.2. The number of benzene rings is 2. The average Bonchev–Trinajstić information content (AvgIpc) is 3.30. The minimum atomic E-state index is -0.343. The van der Waals surface area contributed by atoms with Gasteiger partial charge in [-0.3, -0.25) is 4.79 Å². The normalized spacial score (nSPS) is 13.7. The van der Waals surface area contributed by atoms with Crippen molar-refractivity contribution in [2.45, 2.75) is 0 Å². The highest BCUT2D eigenvalue weighted by molar-refractivity contribution is 9.10. The second kappa shape index (κ2) is 9.45. The highest BCUT2D eigenvalue weighted by Gasteiger charge is 2.21. The van der Waals surface area contributed by atoms with E-state index >= 15 is 0 Å². The maximum atomic E-state index is 13.0. The van der Waals surface area contributed by atoms with E-state index in [4.69, 9.17) is 18.6 Å². The van der Waals surface area contributed by atoms with Crippen LogP contribution in [0.3, 0.4) is 0 Å². The van der Waals surface area contributed by atoms with Gasteiger partial charge in [0.25, 0.3) is 5.91 Å².